The Balaban J connectivity index is 1.87. The largest absolute Gasteiger partial charge is 0.384 e. The molecule has 2 heterocycles. The van der Waals surface area contributed by atoms with Gasteiger partial charge in [-0.05, 0) is 11.6 Å². The van der Waals surface area contributed by atoms with Gasteiger partial charge in [-0.3, -0.25) is 14.5 Å². The summed E-state index contributed by atoms with van der Waals surface area (Å²) >= 11 is 0. The number of nitrogens with two attached hydrogens (primary N) is 1. The van der Waals surface area contributed by atoms with Gasteiger partial charge in [0.15, 0.2) is 0 Å². The van der Waals surface area contributed by atoms with Crippen LogP contribution in [0.25, 0.3) is 0 Å². The Bertz CT molecular complexity index is 535. The molecule has 94 valence electrons. The third-order valence-corrected chi connectivity index (χ3v) is 2.63. The number of carbonyl (C=O) groups is 1. The maximum atomic E-state index is 11.7. The van der Waals surface area contributed by atoms with E-state index < -0.39 is 0 Å². The number of pyridine rings is 1. The maximum absolute atomic E-state index is 11.7. The molecule has 18 heavy (non-hydrogen) atoms. The van der Waals surface area contributed by atoms with Crippen LogP contribution in [0.3, 0.4) is 0 Å². The van der Waals surface area contributed by atoms with Gasteiger partial charge in [-0.2, -0.15) is 5.10 Å². The first-order chi connectivity index (χ1) is 8.66. The van der Waals surface area contributed by atoms with Crippen molar-refractivity contribution in [1.29, 1.82) is 0 Å². The standard InChI is InChI=1S/C12H15N5O/c1-17-12(13)10(8-16-17)7-15-11(18)5-9-3-2-4-14-6-9/h2-4,6,8H,5,7,13H2,1H3,(H,15,18). The second-order valence-electron chi connectivity index (χ2n) is 3.99. The molecule has 0 atom stereocenters. The zero-order valence-electron chi connectivity index (χ0n) is 10.1. The quantitative estimate of drug-likeness (QED) is 0.808. The van der Waals surface area contributed by atoms with E-state index in [-0.39, 0.29) is 5.91 Å². The van der Waals surface area contributed by atoms with E-state index in [9.17, 15) is 4.79 Å². The minimum atomic E-state index is -0.0637. The fraction of sp³-hybridized carbons (Fsp3) is 0.250. The van der Waals surface area contributed by atoms with E-state index in [1.54, 1.807) is 30.3 Å². The van der Waals surface area contributed by atoms with Crippen molar-refractivity contribution in [2.45, 2.75) is 13.0 Å². The zero-order valence-corrected chi connectivity index (χ0v) is 10.1. The Morgan fingerprint density at radius 2 is 2.33 bits per heavy atom. The molecular formula is C12H15N5O. The molecule has 0 fully saturated rings. The summed E-state index contributed by atoms with van der Waals surface area (Å²) < 4.78 is 1.57. The molecule has 0 aliphatic heterocycles. The highest BCUT2D eigenvalue weighted by Crippen LogP contribution is 2.08. The van der Waals surface area contributed by atoms with Gasteiger partial charge in [0.25, 0.3) is 0 Å². The minimum Gasteiger partial charge on any atom is -0.384 e. The van der Waals surface area contributed by atoms with Crippen LogP contribution in [-0.4, -0.2) is 20.7 Å². The first-order valence-corrected chi connectivity index (χ1v) is 5.59. The van der Waals surface area contributed by atoms with Crippen molar-refractivity contribution >= 4 is 11.7 Å². The maximum Gasteiger partial charge on any atom is 0.224 e. The number of hydrogen-bond donors (Lipinski definition) is 2. The van der Waals surface area contributed by atoms with Crippen molar-refractivity contribution in [3.05, 3.63) is 41.9 Å². The molecule has 6 nitrogen and oxygen atoms in total. The Kier molecular flexibility index (Phi) is 3.57. The number of nitrogens with zero attached hydrogens (tertiary/aromatic N) is 3. The topological polar surface area (TPSA) is 85.8 Å². The molecule has 0 unspecified atom stereocenters. The second kappa shape index (κ2) is 5.31. The highest BCUT2D eigenvalue weighted by atomic mass is 16.1. The molecule has 0 bridgehead atoms. The van der Waals surface area contributed by atoms with Crippen LogP contribution in [0.15, 0.2) is 30.7 Å². The van der Waals surface area contributed by atoms with Crippen molar-refractivity contribution in [2.24, 2.45) is 7.05 Å². The molecule has 0 spiro atoms. The van der Waals surface area contributed by atoms with Gasteiger partial charge < -0.3 is 11.1 Å². The highest BCUT2D eigenvalue weighted by Gasteiger charge is 2.07. The van der Waals surface area contributed by atoms with Crippen molar-refractivity contribution in [2.75, 3.05) is 5.73 Å². The monoisotopic (exact) mass is 245 g/mol. The third-order valence-electron chi connectivity index (χ3n) is 2.63. The molecule has 2 rings (SSSR count). The Morgan fingerprint density at radius 1 is 1.50 bits per heavy atom. The Labute approximate surface area is 105 Å². The van der Waals surface area contributed by atoms with E-state index in [4.69, 9.17) is 5.73 Å². The first kappa shape index (κ1) is 12.1. The number of hydrogen-bond acceptors (Lipinski definition) is 4. The molecule has 3 N–H and O–H groups in total. The summed E-state index contributed by atoms with van der Waals surface area (Å²) in [6.07, 6.45) is 5.32. The number of anilines is 1. The van der Waals surface area contributed by atoms with E-state index in [1.165, 1.54) is 0 Å². The van der Waals surface area contributed by atoms with Gasteiger partial charge in [-0.1, -0.05) is 6.07 Å². The van der Waals surface area contributed by atoms with E-state index in [0.29, 0.717) is 18.8 Å². The molecule has 1 amide bonds. The van der Waals surface area contributed by atoms with Crippen LogP contribution in [0, 0.1) is 0 Å². The SMILES string of the molecule is Cn1ncc(CNC(=O)Cc2cccnc2)c1N. The first-order valence-electron chi connectivity index (χ1n) is 5.59. The molecular weight excluding hydrogens is 230 g/mol. The molecule has 0 aliphatic carbocycles. The summed E-state index contributed by atoms with van der Waals surface area (Å²) in [7, 11) is 1.76. The van der Waals surface area contributed by atoms with Crippen molar-refractivity contribution in [1.82, 2.24) is 20.1 Å². The van der Waals surface area contributed by atoms with Crippen molar-refractivity contribution in [3.8, 4) is 0 Å². The summed E-state index contributed by atoms with van der Waals surface area (Å²) in [5.41, 5.74) is 7.48. The summed E-state index contributed by atoms with van der Waals surface area (Å²) in [4.78, 5) is 15.7. The number of nitrogen functional groups attached to an aromatic ring is 1. The Morgan fingerprint density at radius 3 is 2.94 bits per heavy atom. The lowest BCUT2D eigenvalue weighted by Gasteiger charge is -2.04. The number of rotatable bonds is 4. The van der Waals surface area contributed by atoms with Gasteiger partial charge in [0.1, 0.15) is 5.82 Å². The van der Waals surface area contributed by atoms with Gasteiger partial charge in [-0.15, -0.1) is 0 Å². The lowest BCUT2D eigenvalue weighted by Crippen LogP contribution is -2.24. The molecule has 2 aromatic rings. The molecule has 0 radical (unpaired) electrons. The van der Waals surface area contributed by atoms with Gasteiger partial charge in [-0.25, -0.2) is 0 Å². The van der Waals surface area contributed by atoms with Crippen LogP contribution in [0.4, 0.5) is 5.82 Å². The molecule has 6 heteroatoms. The van der Waals surface area contributed by atoms with E-state index in [1.807, 2.05) is 12.1 Å². The van der Waals surface area contributed by atoms with Crippen molar-refractivity contribution in [3.63, 3.8) is 0 Å². The number of nitrogens with one attached hydrogen (secondary N) is 1. The summed E-state index contributed by atoms with van der Waals surface area (Å²) in [5.74, 6) is 0.503. The van der Waals surface area contributed by atoms with Crippen LogP contribution < -0.4 is 11.1 Å². The normalized spacial score (nSPS) is 10.3. The Hall–Kier alpha value is -2.37. The average Bonchev–Trinajstić information content (AvgIpc) is 2.69. The van der Waals surface area contributed by atoms with Crippen molar-refractivity contribution < 1.29 is 4.79 Å². The minimum absolute atomic E-state index is 0.0637. The highest BCUT2D eigenvalue weighted by molar-refractivity contribution is 5.78. The van der Waals surface area contributed by atoms with Crippen LogP contribution in [0.5, 0.6) is 0 Å². The number of aryl methyl sites for hydroxylation is 1. The van der Waals surface area contributed by atoms with Gasteiger partial charge in [0, 0.05) is 31.5 Å². The predicted molar refractivity (Wildman–Crippen MR) is 67.4 cm³/mol. The molecule has 0 aliphatic rings. The smallest absolute Gasteiger partial charge is 0.224 e. The van der Waals surface area contributed by atoms with Gasteiger partial charge in [0.05, 0.1) is 12.6 Å². The van der Waals surface area contributed by atoms with Gasteiger partial charge >= 0.3 is 0 Å². The fourth-order valence-corrected chi connectivity index (χ4v) is 1.57. The fourth-order valence-electron chi connectivity index (χ4n) is 1.57. The predicted octanol–water partition coefficient (Wildman–Crippen LogP) is 0.256. The van der Waals surface area contributed by atoms with Crippen LogP contribution in [0.1, 0.15) is 11.1 Å². The van der Waals surface area contributed by atoms with E-state index in [0.717, 1.165) is 11.1 Å². The molecule has 0 aromatic carbocycles. The number of carbonyl (C=O) groups excluding carboxylic acids is 1. The molecule has 0 saturated heterocycles. The average molecular weight is 245 g/mol. The summed E-state index contributed by atoms with van der Waals surface area (Å²) in [6, 6.07) is 3.67. The lowest BCUT2D eigenvalue weighted by atomic mass is 10.2. The third kappa shape index (κ3) is 2.85. The summed E-state index contributed by atoms with van der Waals surface area (Å²) in [6.45, 7) is 0.388. The van der Waals surface area contributed by atoms with E-state index in [2.05, 4.69) is 15.4 Å². The number of aromatic nitrogens is 3. The molecule has 2 aromatic heterocycles. The van der Waals surface area contributed by atoms with Crippen LogP contribution >= 0.6 is 0 Å². The zero-order chi connectivity index (χ0) is 13.0. The van der Waals surface area contributed by atoms with Crippen LogP contribution in [0.2, 0.25) is 0 Å². The van der Waals surface area contributed by atoms with E-state index >= 15 is 0 Å². The second-order valence-corrected chi connectivity index (χ2v) is 3.99. The summed E-state index contributed by atoms with van der Waals surface area (Å²) in [5, 5.41) is 6.81. The van der Waals surface area contributed by atoms with Gasteiger partial charge in [0.2, 0.25) is 5.91 Å². The lowest BCUT2D eigenvalue weighted by molar-refractivity contribution is -0.120. The molecule has 0 saturated carbocycles. The van der Waals surface area contributed by atoms with Crippen LogP contribution in [-0.2, 0) is 24.8 Å². The number of amides is 1.